The van der Waals surface area contributed by atoms with E-state index in [1.54, 1.807) is 12.0 Å². The molecule has 0 spiro atoms. The average Bonchev–Trinajstić information content (AvgIpc) is 4.07. The van der Waals surface area contributed by atoms with Crippen molar-refractivity contribution in [1.29, 1.82) is 0 Å². The molecule has 3 aromatic heterocycles. The van der Waals surface area contributed by atoms with Crippen LogP contribution in [0.1, 0.15) is 99.1 Å². The zero-order valence-corrected chi connectivity index (χ0v) is 31.4. The van der Waals surface area contributed by atoms with Crippen LogP contribution in [-0.4, -0.2) is 75.3 Å². The number of likely N-dealkylation sites (tertiary alicyclic amines) is 1. The van der Waals surface area contributed by atoms with Gasteiger partial charge in [0.15, 0.2) is 6.23 Å². The number of hydrogen-bond acceptors (Lipinski definition) is 8. The number of aromatic nitrogens is 5. The molecule has 2 aliphatic carbocycles. The molecule has 9 rings (SSSR count). The van der Waals surface area contributed by atoms with Gasteiger partial charge in [0.1, 0.15) is 24.0 Å². The molecule has 2 fully saturated rings. The number of H-pyrrole nitrogens is 2. The molecule has 0 radical (unpaired) electrons. The third-order valence-corrected chi connectivity index (χ3v) is 11.8. The number of benzene rings is 1. The molecule has 0 bridgehead atoms. The molecule has 4 atom stereocenters. The van der Waals surface area contributed by atoms with E-state index in [9.17, 15) is 9.59 Å². The first-order valence-electron chi connectivity index (χ1n) is 19.6. The van der Waals surface area contributed by atoms with Crippen LogP contribution in [-0.2, 0) is 19.0 Å². The molecular formula is C42H48N8O5. The first kappa shape index (κ1) is 35.2. The van der Waals surface area contributed by atoms with Crippen LogP contribution in [0, 0.1) is 5.92 Å². The summed E-state index contributed by atoms with van der Waals surface area (Å²) in [7, 11) is 3.03. The van der Waals surface area contributed by atoms with Gasteiger partial charge in [-0.25, -0.2) is 14.8 Å². The van der Waals surface area contributed by atoms with Crippen LogP contribution in [0.15, 0.2) is 72.5 Å². The molecule has 2 saturated heterocycles. The number of rotatable bonds is 10. The van der Waals surface area contributed by atoms with Gasteiger partial charge >= 0.3 is 6.09 Å². The number of fused-ring (bicyclic) bond motifs is 4. The maximum absolute atomic E-state index is 13.0. The van der Waals surface area contributed by atoms with Gasteiger partial charge in [0.2, 0.25) is 5.91 Å². The van der Waals surface area contributed by atoms with Gasteiger partial charge in [-0.05, 0) is 93.3 Å². The topological polar surface area (TPSA) is 151 Å². The summed E-state index contributed by atoms with van der Waals surface area (Å²) in [6, 6.07) is 9.15. The molecule has 3 aliphatic heterocycles. The van der Waals surface area contributed by atoms with Gasteiger partial charge in [-0.2, -0.15) is 0 Å². The van der Waals surface area contributed by atoms with Crippen LogP contribution in [0.3, 0.4) is 0 Å². The van der Waals surface area contributed by atoms with Crippen LogP contribution < -0.4 is 10.6 Å². The molecule has 1 aromatic carbocycles. The lowest BCUT2D eigenvalue weighted by molar-refractivity contribution is -0.131. The van der Waals surface area contributed by atoms with E-state index in [2.05, 4.69) is 72.4 Å². The van der Waals surface area contributed by atoms with E-state index in [0.717, 1.165) is 109 Å². The number of hydrogen-bond donors (Lipinski definition) is 4. The first-order valence-corrected chi connectivity index (χ1v) is 19.6. The van der Waals surface area contributed by atoms with E-state index in [1.807, 2.05) is 18.5 Å². The lowest BCUT2D eigenvalue weighted by Gasteiger charge is -2.34. The number of imidazole rings is 2. The Balaban J connectivity index is 1.01. The van der Waals surface area contributed by atoms with Crippen LogP contribution >= 0.6 is 0 Å². The molecule has 6 heterocycles. The van der Waals surface area contributed by atoms with Crippen molar-refractivity contribution in [3.8, 4) is 11.3 Å². The summed E-state index contributed by atoms with van der Waals surface area (Å²) in [6.45, 7) is 1.54. The predicted octanol–water partition coefficient (Wildman–Crippen LogP) is 7.20. The van der Waals surface area contributed by atoms with Crippen LogP contribution in [0.4, 0.5) is 4.79 Å². The number of alkyl carbamates (subject to hydrolysis) is 1. The fraction of sp³-hybridized carbons (Fsp3) is 0.429. The minimum Gasteiger partial charge on any atom is -0.501 e. The van der Waals surface area contributed by atoms with Crippen LogP contribution in [0.25, 0.3) is 33.3 Å². The molecule has 4 aromatic rings. The maximum Gasteiger partial charge on any atom is 0.407 e. The van der Waals surface area contributed by atoms with Gasteiger partial charge in [0.05, 0.1) is 67.1 Å². The highest BCUT2D eigenvalue weighted by molar-refractivity contribution is 5.91. The number of allylic oxidation sites excluding steroid dienone is 7. The number of nitrogens with one attached hydrogen (secondary N) is 4. The molecule has 5 aliphatic rings. The van der Waals surface area contributed by atoms with Gasteiger partial charge in [0.25, 0.3) is 0 Å². The van der Waals surface area contributed by atoms with E-state index in [-0.39, 0.29) is 30.8 Å². The summed E-state index contributed by atoms with van der Waals surface area (Å²) < 4.78 is 19.6. The molecule has 2 amide bonds. The molecule has 4 unspecified atom stereocenters. The smallest absolute Gasteiger partial charge is 0.407 e. The number of aromatic amines is 2. The maximum atomic E-state index is 13.0. The fourth-order valence-corrected chi connectivity index (χ4v) is 8.95. The van der Waals surface area contributed by atoms with Crippen molar-refractivity contribution < 1.29 is 23.8 Å². The van der Waals surface area contributed by atoms with Gasteiger partial charge < -0.3 is 44.3 Å². The second kappa shape index (κ2) is 14.9. The van der Waals surface area contributed by atoms with Gasteiger partial charge in [-0.3, -0.25) is 4.79 Å². The zero-order chi connectivity index (χ0) is 37.5. The highest BCUT2D eigenvalue weighted by Gasteiger charge is 2.34. The van der Waals surface area contributed by atoms with E-state index in [4.69, 9.17) is 19.4 Å². The normalized spacial score (nSPS) is 23.3. The van der Waals surface area contributed by atoms with Crippen LogP contribution in [0.5, 0.6) is 0 Å². The van der Waals surface area contributed by atoms with Crippen molar-refractivity contribution >= 4 is 34.0 Å². The van der Waals surface area contributed by atoms with Crippen molar-refractivity contribution in [3.63, 3.8) is 0 Å². The lowest BCUT2D eigenvalue weighted by Crippen LogP contribution is -2.40. The molecule has 13 heteroatoms. The monoisotopic (exact) mass is 744 g/mol. The average molecular weight is 745 g/mol. The lowest BCUT2D eigenvalue weighted by atomic mass is 9.91. The summed E-state index contributed by atoms with van der Waals surface area (Å²) in [5.74, 6) is 3.89. The summed E-state index contributed by atoms with van der Waals surface area (Å²) >= 11 is 0. The Morgan fingerprint density at radius 3 is 2.75 bits per heavy atom. The van der Waals surface area contributed by atoms with E-state index in [1.165, 1.54) is 30.2 Å². The standard InChI is InChI=1S/C42H48N8O5/c1-53-29-7-3-6-25(18-29)10-15-39-50-34-14-12-26(32-22-44-40(47-32)31-8-4-16-43-31)19-28(34)20-36(50)30-13-11-27(21-37(30)55-39)33-23-45-41(48-33)35-9-5-17-49(35)38(51)24-46-42(52)54-2/h3,6-7,12,14,19-23,25,31,35,39,43H,4-5,8-11,13,15-18,24H2,1-2H3,(H,44,47)(H,45,48)(H,46,52). The Kier molecular flexibility index (Phi) is 9.55. The van der Waals surface area contributed by atoms with E-state index in [0.29, 0.717) is 12.5 Å². The quantitative estimate of drug-likeness (QED) is 0.133. The van der Waals surface area contributed by atoms with Crippen molar-refractivity contribution in [2.45, 2.75) is 76.1 Å². The highest BCUT2D eigenvalue weighted by Crippen LogP contribution is 2.46. The SMILES string of the molecule is COC(=O)NCC(=O)N1CCCC1c1ncc(C2=CC3=C(CC2)c2cc4cc(-c5cnc(C6CCCN6)[nH]5)ccc4n2C(CCC2C=CC=C(OC)C2)O3)[nH]1. The summed E-state index contributed by atoms with van der Waals surface area (Å²) in [6.07, 6.45) is 19.9. The van der Waals surface area contributed by atoms with E-state index < -0.39 is 6.09 Å². The van der Waals surface area contributed by atoms with Crippen molar-refractivity contribution in [1.82, 2.24) is 40.0 Å². The van der Waals surface area contributed by atoms with Gasteiger partial charge in [-0.15, -0.1) is 0 Å². The second-order valence-corrected chi connectivity index (χ2v) is 15.1. The van der Waals surface area contributed by atoms with Crippen molar-refractivity contribution in [2.24, 2.45) is 5.92 Å². The number of nitrogens with zero attached hydrogens (tertiary/aromatic N) is 4. The third-order valence-electron chi connectivity index (χ3n) is 11.8. The minimum absolute atomic E-state index is 0.112. The largest absolute Gasteiger partial charge is 0.501 e. The molecule has 286 valence electrons. The number of carbonyl (C=O) groups excluding carboxylic acids is 2. The first-order chi connectivity index (χ1) is 26.9. The Morgan fingerprint density at radius 1 is 1.02 bits per heavy atom. The summed E-state index contributed by atoms with van der Waals surface area (Å²) in [4.78, 5) is 43.0. The van der Waals surface area contributed by atoms with Crippen LogP contribution in [0.2, 0.25) is 0 Å². The zero-order valence-electron chi connectivity index (χ0n) is 31.4. The molecule has 4 N–H and O–H groups in total. The van der Waals surface area contributed by atoms with Crippen molar-refractivity contribution in [3.05, 3.63) is 95.5 Å². The molecule has 0 saturated carbocycles. The summed E-state index contributed by atoms with van der Waals surface area (Å²) in [5, 5.41) is 7.23. The number of methoxy groups -OCH3 is 2. The second-order valence-electron chi connectivity index (χ2n) is 15.1. The highest BCUT2D eigenvalue weighted by atomic mass is 16.5. The van der Waals surface area contributed by atoms with Gasteiger partial charge in [0, 0.05) is 35.9 Å². The Morgan fingerprint density at radius 2 is 1.89 bits per heavy atom. The predicted molar refractivity (Wildman–Crippen MR) is 208 cm³/mol. The number of carbonyl (C=O) groups is 2. The summed E-state index contributed by atoms with van der Waals surface area (Å²) in [5.41, 5.74) is 7.78. The Hall–Kier alpha value is -5.56. The van der Waals surface area contributed by atoms with Crippen molar-refractivity contribution in [2.75, 3.05) is 33.9 Å². The molecule has 55 heavy (non-hydrogen) atoms. The molecule has 13 nitrogen and oxygen atoms in total. The van der Waals surface area contributed by atoms with E-state index >= 15 is 0 Å². The van der Waals surface area contributed by atoms with Gasteiger partial charge in [-0.1, -0.05) is 18.2 Å². The Bertz CT molecular complexity index is 2230. The Labute approximate surface area is 319 Å². The minimum atomic E-state index is -0.622. The fourth-order valence-electron chi connectivity index (χ4n) is 8.95. The number of ether oxygens (including phenoxy) is 3. The third kappa shape index (κ3) is 6.86. The number of amides is 2. The molecular weight excluding hydrogens is 697 g/mol.